The lowest BCUT2D eigenvalue weighted by molar-refractivity contribution is -0.137. The summed E-state index contributed by atoms with van der Waals surface area (Å²) in [6.07, 6.45) is -0.498. The zero-order valence-corrected chi connectivity index (χ0v) is 16.8. The number of fused-ring (bicyclic) bond motifs is 1. The van der Waals surface area contributed by atoms with E-state index in [0.29, 0.717) is 22.9 Å². The lowest BCUT2D eigenvalue weighted by Gasteiger charge is -2.36. The van der Waals surface area contributed by atoms with Gasteiger partial charge >= 0.3 is 6.18 Å². The van der Waals surface area contributed by atoms with E-state index in [2.05, 4.69) is 9.88 Å². The second-order valence-corrected chi connectivity index (χ2v) is 7.99. The molecular weight excluding hydrogens is 391 g/mol. The van der Waals surface area contributed by atoms with Gasteiger partial charge in [-0.05, 0) is 49.9 Å². The Morgan fingerprint density at radius 3 is 2.57 bits per heavy atom. The molecule has 2 aromatic carbocycles. The molecule has 158 valence electrons. The predicted octanol–water partition coefficient (Wildman–Crippen LogP) is 4.68. The second kappa shape index (κ2) is 8.22. The molecule has 0 aliphatic carbocycles. The van der Waals surface area contributed by atoms with Crippen molar-refractivity contribution in [2.45, 2.75) is 44.4 Å². The summed E-state index contributed by atoms with van der Waals surface area (Å²) in [5, 5.41) is 0.625. The number of para-hydroxylation sites is 1. The maximum absolute atomic E-state index is 13.0. The van der Waals surface area contributed by atoms with Crippen molar-refractivity contribution in [3.63, 3.8) is 0 Å². The largest absolute Gasteiger partial charge is 0.416 e. The molecule has 1 saturated heterocycles. The summed E-state index contributed by atoms with van der Waals surface area (Å²) in [4.78, 5) is 19.5. The molecule has 1 atom stereocenters. The number of benzene rings is 2. The number of likely N-dealkylation sites (tertiary alicyclic amines) is 1. The number of halogens is 3. The molecule has 1 unspecified atom stereocenters. The summed E-state index contributed by atoms with van der Waals surface area (Å²) in [6.45, 7) is 3.64. The molecule has 1 aromatic heterocycles. The van der Waals surface area contributed by atoms with E-state index in [1.807, 2.05) is 25.1 Å². The lowest BCUT2D eigenvalue weighted by Crippen LogP contribution is -2.42. The first-order valence-electron chi connectivity index (χ1n) is 10.2. The van der Waals surface area contributed by atoms with Crippen molar-refractivity contribution in [2.75, 3.05) is 13.1 Å². The third-order valence-corrected chi connectivity index (χ3v) is 5.99. The van der Waals surface area contributed by atoms with E-state index in [1.54, 1.807) is 23.0 Å². The van der Waals surface area contributed by atoms with Crippen LogP contribution in [0.25, 0.3) is 10.9 Å². The Bertz CT molecular complexity index is 1080. The molecule has 0 bridgehead atoms. The van der Waals surface area contributed by atoms with E-state index in [1.165, 1.54) is 12.1 Å². The minimum atomic E-state index is -4.32. The summed E-state index contributed by atoms with van der Waals surface area (Å²) in [6, 6.07) is 13.1. The normalized spacial score (nSPS) is 17.3. The fourth-order valence-corrected chi connectivity index (χ4v) is 4.29. The fourth-order valence-electron chi connectivity index (χ4n) is 4.29. The van der Waals surface area contributed by atoms with Crippen LogP contribution in [0.3, 0.4) is 0 Å². The standard InChI is InChI=1S/C23H24F3N3O/c1-16(13-17-5-4-6-18(14-17)23(24,25)26)28-11-9-19(10-12-28)29-15-27-21-8-3-2-7-20(21)22(29)30/h2-8,14-16,19H,9-13H2,1H3. The fraction of sp³-hybridized carbons (Fsp3) is 0.391. The van der Waals surface area contributed by atoms with E-state index in [-0.39, 0.29) is 17.6 Å². The topological polar surface area (TPSA) is 38.1 Å². The zero-order chi connectivity index (χ0) is 21.3. The lowest BCUT2D eigenvalue weighted by atomic mass is 9.99. The minimum Gasteiger partial charge on any atom is -0.300 e. The molecule has 0 saturated carbocycles. The van der Waals surface area contributed by atoms with Crippen LogP contribution in [-0.4, -0.2) is 33.6 Å². The van der Waals surface area contributed by atoms with E-state index >= 15 is 0 Å². The van der Waals surface area contributed by atoms with E-state index in [0.717, 1.165) is 32.0 Å². The predicted molar refractivity (Wildman–Crippen MR) is 110 cm³/mol. The summed E-state index contributed by atoms with van der Waals surface area (Å²) in [5.74, 6) is 0. The molecule has 0 N–H and O–H groups in total. The molecule has 3 aromatic rings. The van der Waals surface area contributed by atoms with Crippen molar-refractivity contribution in [2.24, 2.45) is 0 Å². The van der Waals surface area contributed by atoms with Crippen molar-refractivity contribution in [3.05, 3.63) is 76.3 Å². The Hall–Kier alpha value is -2.67. The monoisotopic (exact) mass is 415 g/mol. The van der Waals surface area contributed by atoms with Gasteiger partial charge in [-0.2, -0.15) is 13.2 Å². The van der Waals surface area contributed by atoms with Crippen molar-refractivity contribution in [1.82, 2.24) is 14.5 Å². The zero-order valence-electron chi connectivity index (χ0n) is 16.8. The second-order valence-electron chi connectivity index (χ2n) is 7.99. The highest BCUT2D eigenvalue weighted by atomic mass is 19.4. The number of nitrogens with zero attached hydrogens (tertiary/aromatic N) is 3. The first-order chi connectivity index (χ1) is 14.3. The maximum Gasteiger partial charge on any atom is 0.416 e. The van der Waals surface area contributed by atoms with Gasteiger partial charge in [0.05, 0.1) is 22.8 Å². The van der Waals surface area contributed by atoms with Gasteiger partial charge in [-0.15, -0.1) is 0 Å². The average molecular weight is 415 g/mol. The van der Waals surface area contributed by atoms with Gasteiger partial charge < -0.3 is 4.90 Å². The molecule has 4 rings (SSSR count). The van der Waals surface area contributed by atoms with Crippen molar-refractivity contribution < 1.29 is 13.2 Å². The first-order valence-corrected chi connectivity index (χ1v) is 10.2. The Balaban J connectivity index is 1.41. The molecular formula is C23H24F3N3O. The van der Waals surface area contributed by atoms with Crippen LogP contribution in [0.5, 0.6) is 0 Å². The number of hydrogen-bond acceptors (Lipinski definition) is 3. The number of rotatable bonds is 4. The highest BCUT2D eigenvalue weighted by Crippen LogP contribution is 2.30. The van der Waals surface area contributed by atoms with Crippen LogP contribution in [0.4, 0.5) is 13.2 Å². The van der Waals surface area contributed by atoms with E-state index in [4.69, 9.17) is 0 Å². The Labute approximate surface area is 173 Å². The van der Waals surface area contributed by atoms with Gasteiger partial charge in [0.1, 0.15) is 0 Å². The van der Waals surface area contributed by atoms with Gasteiger partial charge in [-0.1, -0.05) is 30.3 Å². The number of piperidine rings is 1. The summed E-state index contributed by atoms with van der Waals surface area (Å²) < 4.78 is 40.6. The number of aromatic nitrogens is 2. The van der Waals surface area contributed by atoms with Gasteiger partial charge in [-0.25, -0.2) is 4.98 Å². The van der Waals surface area contributed by atoms with Crippen LogP contribution in [0.15, 0.2) is 59.7 Å². The van der Waals surface area contributed by atoms with Crippen molar-refractivity contribution >= 4 is 10.9 Å². The number of alkyl halides is 3. The molecule has 1 aliphatic heterocycles. The van der Waals surface area contributed by atoms with Crippen LogP contribution < -0.4 is 5.56 Å². The van der Waals surface area contributed by atoms with E-state index in [9.17, 15) is 18.0 Å². The molecule has 7 heteroatoms. The molecule has 0 amide bonds. The highest BCUT2D eigenvalue weighted by molar-refractivity contribution is 5.76. The maximum atomic E-state index is 13.0. The Morgan fingerprint density at radius 2 is 1.83 bits per heavy atom. The Kier molecular flexibility index (Phi) is 5.64. The van der Waals surface area contributed by atoms with Gasteiger partial charge in [0.2, 0.25) is 0 Å². The van der Waals surface area contributed by atoms with Crippen LogP contribution in [0.1, 0.15) is 36.9 Å². The van der Waals surface area contributed by atoms with Gasteiger partial charge in [0.25, 0.3) is 5.56 Å². The molecule has 2 heterocycles. The Morgan fingerprint density at radius 1 is 1.10 bits per heavy atom. The number of hydrogen-bond donors (Lipinski definition) is 0. The molecule has 4 nitrogen and oxygen atoms in total. The summed E-state index contributed by atoms with van der Waals surface area (Å²) in [5.41, 5.74) is 0.769. The first kappa shape index (κ1) is 20.6. The quantitative estimate of drug-likeness (QED) is 0.621. The minimum absolute atomic E-state index is 0.0175. The van der Waals surface area contributed by atoms with Gasteiger partial charge in [0, 0.05) is 25.2 Å². The van der Waals surface area contributed by atoms with Gasteiger partial charge in [0.15, 0.2) is 0 Å². The molecule has 0 spiro atoms. The van der Waals surface area contributed by atoms with E-state index < -0.39 is 11.7 Å². The third-order valence-electron chi connectivity index (χ3n) is 5.99. The summed E-state index contributed by atoms with van der Waals surface area (Å²) in [7, 11) is 0. The molecule has 30 heavy (non-hydrogen) atoms. The summed E-state index contributed by atoms with van der Waals surface area (Å²) >= 11 is 0. The van der Waals surface area contributed by atoms with Crippen molar-refractivity contribution in [3.8, 4) is 0 Å². The third kappa shape index (κ3) is 4.26. The molecule has 1 aliphatic rings. The highest BCUT2D eigenvalue weighted by Gasteiger charge is 2.31. The van der Waals surface area contributed by atoms with Crippen LogP contribution >= 0.6 is 0 Å². The van der Waals surface area contributed by atoms with Crippen LogP contribution in [0.2, 0.25) is 0 Å². The smallest absolute Gasteiger partial charge is 0.300 e. The molecule has 0 radical (unpaired) electrons. The SMILES string of the molecule is CC(Cc1cccc(C(F)(F)F)c1)N1CCC(n2cnc3ccccc3c2=O)CC1. The van der Waals surface area contributed by atoms with Crippen LogP contribution in [-0.2, 0) is 12.6 Å². The average Bonchev–Trinajstić information content (AvgIpc) is 2.74. The van der Waals surface area contributed by atoms with Gasteiger partial charge in [-0.3, -0.25) is 9.36 Å². The van der Waals surface area contributed by atoms with Crippen LogP contribution in [0, 0.1) is 0 Å². The van der Waals surface area contributed by atoms with Crippen molar-refractivity contribution in [1.29, 1.82) is 0 Å². The molecule has 1 fully saturated rings.